The van der Waals surface area contributed by atoms with Crippen molar-refractivity contribution in [2.75, 3.05) is 26.7 Å². The van der Waals surface area contributed by atoms with E-state index in [1.165, 1.54) is 18.2 Å². The Morgan fingerprint density at radius 3 is 2.64 bits per heavy atom. The van der Waals surface area contributed by atoms with Crippen molar-refractivity contribution in [1.82, 2.24) is 9.80 Å². The van der Waals surface area contributed by atoms with Gasteiger partial charge in [0.05, 0.1) is 5.56 Å². The monoisotopic (exact) mass is 360 g/mol. The Balaban J connectivity index is 1.86. The van der Waals surface area contributed by atoms with Crippen LogP contribution in [0.25, 0.3) is 0 Å². The van der Waals surface area contributed by atoms with Gasteiger partial charge in [-0.2, -0.15) is 17.6 Å². The number of para-hydroxylation sites is 1. The summed E-state index contributed by atoms with van der Waals surface area (Å²) in [5.74, 6) is -0.653. The summed E-state index contributed by atoms with van der Waals surface area (Å²) in [5.41, 5.74) is -0.113. The highest BCUT2D eigenvalue weighted by molar-refractivity contribution is 5.97. The summed E-state index contributed by atoms with van der Waals surface area (Å²) in [6.45, 7) is 2.12. The van der Waals surface area contributed by atoms with Crippen molar-refractivity contribution in [2.24, 2.45) is 5.92 Å². The van der Waals surface area contributed by atoms with Gasteiger partial charge in [0, 0.05) is 25.7 Å². The van der Waals surface area contributed by atoms with E-state index < -0.39 is 24.2 Å². The second-order valence-electron chi connectivity index (χ2n) is 6.74. The standard InChI is InChI=1S/C17H20F4N2O2/c1-22-8-11-6-7-12(10-22)23(9-11)15(24)13-4-2-3-5-14(13)25-17(20,21)16(18)19/h2-5,11-12,16H,6-10H2,1H3/t11-,12+/m0/s1. The Bertz CT molecular complexity index is 641. The predicted molar refractivity (Wildman–Crippen MR) is 83.1 cm³/mol. The molecule has 1 amide bonds. The first kappa shape index (κ1) is 18.0. The molecule has 3 saturated heterocycles. The lowest BCUT2D eigenvalue weighted by atomic mass is 9.94. The highest BCUT2D eigenvalue weighted by Gasteiger charge is 2.45. The van der Waals surface area contributed by atoms with E-state index in [4.69, 9.17) is 0 Å². The van der Waals surface area contributed by atoms with Gasteiger partial charge in [0.15, 0.2) is 0 Å². The molecule has 0 radical (unpaired) electrons. The van der Waals surface area contributed by atoms with Gasteiger partial charge in [-0.25, -0.2) is 0 Å². The smallest absolute Gasteiger partial charge is 0.427 e. The van der Waals surface area contributed by atoms with Crippen LogP contribution in [0.4, 0.5) is 17.6 Å². The number of amides is 1. The molecule has 1 aromatic rings. The number of benzene rings is 1. The van der Waals surface area contributed by atoms with Crippen molar-refractivity contribution in [2.45, 2.75) is 31.4 Å². The first-order chi connectivity index (χ1) is 11.8. The van der Waals surface area contributed by atoms with E-state index in [0.29, 0.717) is 19.0 Å². The van der Waals surface area contributed by atoms with Crippen LogP contribution in [0, 0.1) is 5.92 Å². The predicted octanol–water partition coefficient (Wildman–Crippen LogP) is 3.09. The van der Waals surface area contributed by atoms with Crippen LogP contribution in [-0.4, -0.2) is 61.0 Å². The lowest BCUT2D eigenvalue weighted by Gasteiger charge is -2.36. The van der Waals surface area contributed by atoms with Crippen LogP contribution in [-0.2, 0) is 0 Å². The summed E-state index contributed by atoms with van der Waals surface area (Å²) in [7, 11) is 1.99. The topological polar surface area (TPSA) is 32.8 Å². The zero-order chi connectivity index (χ0) is 18.2. The van der Waals surface area contributed by atoms with E-state index in [0.717, 1.165) is 25.5 Å². The van der Waals surface area contributed by atoms with Gasteiger partial charge in [-0.1, -0.05) is 12.1 Å². The SMILES string of the molecule is CN1C[C@@H]2CC[C@H](C1)N(C(=O)c1ccccc1OC(F)(F)C(F)F)C2. The fraction of sp³-hybridized carbons (Fsp3) is 0.588. The minimum atomic E-state index is -4.64. The van der Waals surface area contributed by atoms with Crippen molar-refractivity contribution in [1.29, 1.82) is 0 Å². The molecule has 0 saturated carbocycles. The normalized spacial score (nSPS) is 24.5. The summed E-state index contributed by atoms with van der Waals surface area (Å²) in [4.78, 5) is 16.7. The number of halogens is 4. The van der Waals surface area contributed by atoms with Gasteiger partial charge >= 0.3 is 12.5 Å². The van der Waals surface area contributed by atoms with Gasteiger partial charge in [-0.05, 0) is 37.9 Å². The quantitative estimate of drug-likeness (QED) is 0.774. The first-order valence-electron chi connectivity index (χ1n) is 8.21. The molecule has 0 spiro atoms. The molecule has 4 nitrogen and oxygen atoms in total. The fourth-order valence-corrected chi connectivity index (χ4v) is 3.64. The molecule has 3 heterocycles. The number of hydrogen-bond acceptors (Lipinski definition) is 3. The number of carbonyl (C=O) groups is 1. The first-order valence-corrected chi connectivity index (χ1v) is 8.21. The zero-order valence-corrected chi connectivity index (χ0v) is 13.8. The molecule has 0 N–H and O–H groups in total. The highest BCUT2D eigenvalue weighted by Crippen LogP contribution is 2.33. The summed E-state index contributed by atoms with van der Waals surface area (Å²) < 4.78 is 55.6. The van der Waals surface area contributed by atoms with Crippen molar-refractivity contribution in [3.8, 4) is 5.75 Å². The number of nitrogens with zero attached hydrogens (tertiary/aromatic N) is 2. The second kappa shape index (κ2) is 6.82. The van der Waals surface area contributed by atoms with Crippen LogP contribution in [0.1, 0.15) is 23.2 Å². The molecule has 0 aliphatic carbocycles. The van der Waals surface area contributed by atoms with E-state index in [9.17, 15) is 22.4 Å². The summed E-state index contributed by atoms with van der Waals surface area (Å²) in [6, 6.07) is 5.31. The van der Waals surface area contributed by atoms with Gasteiger partial charge in [-0.3, -0.25) is 4.79 Å². The minimum Gasteiger partial charge on any atom is -0.427 e. The van der Waals surface area contributed by atoms with Crippen molar-refractivity contribution < 1.29 is 27.1 Å². The Hall–Kier alpha value is -1.83. The molecule has 3 aliphatic heterocycles. The van der Waals surface area contributed by atoms with Crippen LogP contribution in [0.3, 0.4) is 0 Å². The summed E-state index contributed by atoms with van der Waals surface area (Å²) in [5, 5.41) is 0. The lowest BCUT2D eigenvalue weighted by Crippen LogP contribution is -2.47. The molecular formula is C17H20F4N2O2. The molecule has 0 aromatic heterocycles. The average molecular weight is 360 g/mol. The third-order valence-electron chi connectivity index (χ3n) is 4.77. The number of rotatable bonds is 4. The molecule has 2 bridgehead atoms. The zero-order valence-electron chi connectivity index (χ0n) is 13.8. The third-order valence-corrected chi connectivity index (χ3v) is 4.77. The van der Waals surface area contributed by atoms with Gasteiger partial charge in [0.2, 0.25) is 0 Å². The molecular weight excluding hydrogens is 340 g/mol. The number of carbonyl (C=O) groups excluding carboxylic acids is 1. The Kier molecular flexibility index (Phi) is 4.90. The van der Waals surface area contributed by atoms with Crippen LogP contribution < -0.4 is 4.74 Å². The van der Waals surface area contributed by atoms with Crippen LogP contribution in [0.15, 0.2) is 24.3 Å². The number of alkyl halides is 4. The molecule has 2 atom stereocenters. The molecule has 4 rings (SSSR count). The average Bonchev–Trinajstić information content (AvgIpc) is 2.83. The molecule has 3 fully saturated rings. The molecule has 25 heavy (non-hydrogen) atoms. The maximum absolute atomic E-state index is 13.3. The molecule has 1 aromatic carbocycles. The number of hydrogen-bond donors (Lipinski definition) is 0. The van der Waals surface area contributed by atoms with Gasteiger partial charge in [0.25, 0.3) is 5.91 Å². The van der Waals surface area contributed by atoms with Crippen molar-refractivity contribution in [3.05, 3.63) is 29.8 Å². The van der Waals surface area contributed by atoms with E-state index in [2.05, 4.69) is 9.64 Å². The summed E-state index contributed by atoms with van der Waals surface area (Å²) in [6.07, 6.45) is -6.76. The van der Waals surface area contributed by atoms with Crippen molar-refractivity contribution >= 4 is 5.91 Å². The number of ether oxygens (including phenoxy) is 1. The highest BCUT2D eigenvalue weighted by atomic mass is 19.3. The minimum absolute atomic E-state index is 0.0140. The Labute approximate surface area is 143 Å². The van der Waals surface area contributed by atoms with Gasteiger partial charge < -0.3 is 14.5 Å². The van der Waals surface area contributed by atoms with Crippen LogP contribution in [0.5, 0.6) is 5.75 Å². The molecule has 138 valence electrons. The Morgan fingerprint density at radius 2 is 1.92 bits per heavy atom. The van der Waals surface area contributed by atoms with E-state index in [1.807, 2.05) is 7.05 Å². The van der Waals surface area contributed by atoms with E-state index in [1.54, 1.807) is 4.90 Å². The molecule has 8 heteroatoms. The van der Waals surface area contributed by atoms with E-state index >= 15 is 0 Å². The largest absolute Gasteiger partial charge is 0.461 e. The van der Waals surface area contributed by atoms with Crippen LogP contribution in [0.2, 0.25) is 0 Å². The van der Waals surface area contributed by atoms with Gasteiger partial charge in [0.1, 0.15) is 5.75 Å². The maximum Gasteiger partial charge on any atom is 0.461 e. The van der Waals surface area contributed by atoms with E-state index in [-0.39, 0.29) is 11.6 Å². The summed E-state index contributed by atoms with van der Waals surface area (Å²) >= 11 is 0. The van der Waals surface area contributed by atoms with Crippen LogP contribution >= 0.6 is 0 Å². The van der Waals surface area contributed by atoms with Crippen molar-refractivity contribution in [3.63, 3.8) is 0 Å². The maximum atomic E-state index is 13.3. The lowest BCUT2D eigenvalue weighted by molar-refractivity contribution is -0.253. The van der Waals surface area contributed by atoms with Gasteiger partial charge in [-0.15, -0.1) is 0 Å². The number of likely N-dealkylation sites (N-methyl/N-ethyl adjacent to an activating group) is 1. The molecule has 3 aliphatic rings. The fourth-order valence-electron chi connectivity index (χ4n) is 3.64. The Morgan fingerprint density at radius 1 is 1.20 bits per heavy atom. The number of fused-ring (bicyclic) bond motifs is 4. The number of piperidine rings is 1. The third kappa shape index (κ3) is 3.73. The second-order valence-corrected chi connectivity index (χ2v) is 6.74. The molecule has 0 unspecified atom stereocenters.